The van der Waals surface area contributed by atoms with Crippen molar-refractivity contribution in [2.24, 2.45) is 0 Å². The molecule has 0 atom stereocenters. The van der Waals surface area contributed by atoms with Gasteiger partial charge in [-0.3, -0.25) is 0 Å². The summed E-state index contributed by atoms with van der Waals surface area (Å²) in [4.78, 5) is 0. The molecule has 8 aromatic heterocycles. The van der Waals surface area contributed by atoms with E-state index in [1.165, 1.54) is 216 Å². The number of rotatable bonds is 18. The van der Waals surface area contributed by atoms with Gasteiger partial charge in [0.15, 0.2) is 0 Å². The van der Waals surface area contributed by atoms with Gasteiger partial charge in [-0.05, 0) is 171 Å². The summed E-state index contributed by atoms with van der Waals surface area (Å²) in [6.45, 7) is 6.25. The molecule has 0 amide bonds. The molecule has 128 heavy (non-hydrogen) atoms. The molecule has 0 unspecified atom stereocenters. The molecule has 0 bridgehead atoms. The Kier molecular flexibility index (Phi) is 20.4. The number of unbranched alkanes of at least 4 members (excludes halogenated alkanes) is 3. The highest BCUT2D eigenvalue weighted by atomic mass is 15.0. The number of para-hydroxylation sites is 16. The lowest BCUT2D eigenvalue weighted by Crippen LogP contribution is -2.04. The third-order valence-electron chi connectivity index (χ3n) is 26.9. The quantitative estimate of drug-likeness (QED) is 0.0768. The molecule has 0 N–H and O–H groups in total. The van der Waals surface area contributed by atoms with Gasteiger partial charge in [-0.1, -0.05) is 315 Å². The molecular weight excluding hydrogens is 1550 g/mol. The largest absolute Gasteiger partial charge is 0.340 e. The second-order valence-electron chi connectivity index (χ2n) is 34.1. The lowest BCUT2D eigenvalue weighted by atomic mass is 10.0. The van der Waals surface area contributed by atoms with Crippen LogP contribution < -0.4 is 0 Å². The summed E-state index contributed by atoms with van der Waals surface area (Å²) in [5.41, 5.74) is 25.8. The van der Waals surface area contributed by atoms with E-state index >= 15 is 0 Å². The van der Waals surface area contributed by atoms with Gasteiger partial charge in [0.1, 0.15) is 0 Å². The first kappa shape index (κ1) is 77.2. The van der Waals surface area contributed by atoms with E-state index in [1.807, 2.05) is 0 Å². The fourth-order valence-corrected chi connectivity index (χ4v) is 21.1. The van der Waals surface area contributed by atoms with Gasteiger partial charge in [0, 0.05) is 203 Å². The van der Waals surface area contributed by atoms with Gasteiger partial charge in [-0.15, -0.1) is 0 Å². The van der Waals surface area contributed by atoms with E-state index in [4.69, 9.17) is 0 Å². The van der Waals surface area contributed by atoms with E-state index in [0.717, 1.165) is 58.5 Å². The molecule has 0 fully saturated rings. The molecule has 0 aliphatic carbocycles. The minimum Gasteiger partial charge on any atom is -0.340 e. The summed E-state index contributed by atoms with van der Waals surface area (Å²) >= 11 is 0. The second kappa shape index (κ2) is 33.8. The first-order valence-corrected chi connectivity index (χ1v) is 45.6. The number of aryl methyl sites for hydroxylation is 6. The smallest absolute Gasteiger partial charge is 0.0541 e. The fraction of sp³-hybridized carbons (Fsp3) is 0.100. The van der Waals surface area contributed by atoms with Crippen LogP contribution in [0.25, 0.3) is 197 Å². The summed E-state index contributed by atoms with van der Waals surface area (Å²) in [6, 6.07) is 158. The normalized spacial score (nSPS) is 11.8. The summed E-state index contributed by atoms with van der Waals surface area (Å²) in [6.07, 6.45) is 7.01. The summed E-state index contributed by atoms with van der Waals surface area (Å²) in [5.74, 6) is 0. The number of nitrogens with zero attached hydrogens (tertiary/aromatic N) is 8. The summed E-state index contributed by atoms with van der Waals surface area (Å²) in [5, 5.41) is 21.4. The van der Waals surface area contributed by atoms with Crippen molar-refractivity contribution in [1.29, 1.82) is 0 Å². The van der Waals surface area contributed by atoms with Gasteiger partial charge in [-0.2, -0.15) is 0 Å². The van der Waals surface area contributed by atoms with Gasteiger partial charge in [0.05, 0.1) is 22.1 Å². The lowest BCUT2D eigenvalue weighted by Gasteiger charge is -2.11. The molecule has 8 heterocycles. The van der Waals surface area contributed by atoms with Crippen LogP contribution in [0.4, 0.5) is 0 Å². The third kappa shape index (κ3) is 13.8. The molecule has 0 saturated heterocycles. The van der Waals surface area contributed by atoms with Crippen molar-refractivity contribution in [1.82, 2.24) is 36.5 Å². The van der Waals surface area contributed by atoms with Crippen molar-refractivity contribution in [2.45, 2.75) is 77.8 Å². The molecule has 0 saturated carbocycles. The highest BCUT2D eigenvalue weighted by Crippen LogP contribution is 2.40. The van der Waals surface area contributed by atoms with Crippen molar-refractivity contribution in [2.75, 3.05) is 0 Å². The van der Waals surface area contributed by atoms with E-state index in [2.05, 4.69) is 473 Å². The van der Waals surface area contributed by atoms with Crippen molar-refractivity contribution in [3.63, 3.8) is 0 Å². The zero-order valence-corrected chi connectivity index (χ0v) is 71.6. The average Bonchev–Trinajstić information content (AvgIpc) is 1.59. The van der Waals surface area contributed by atoms with E-state index in [1.54, 1.807) is 0 Å². The van der Waals surface area contributed by atoms with E-state index in [-0.39, 0.29) is 0 Å². The Balaban J connectivity index is 0.0000000982. The molecule has 0 spiro atoms. The molecule has 26 rings (SSSR count). The zero-order chi connectivity index (χ0) is 84.8. The molecule has 8 nitrogen and oxygen atoms in total. The maximum absolute atomic E-state index is 2.51. The molecule has 0 aliphatic heterocycles. The van der Waals surface area contributed by atoms with Crippen LogP contribution in [0, 0.1) is 0 Å². The number of hydrogen-bond acceptors (Lipinski definition) is 0. The standard InChI is InChI=1S/C36H24N2.C29H26N2.C28H24N2.C27H22N2/c1-5-13-33-29(9-1)30-10-2-6-14-34(30)37(33)27-21-17-25(18-22-27)26-19-23-28(24-20-26)38-35-15-7-3-11-31(35)32-12-4-8-16-36(32)38;1(10-20-30-26-16-6-2-12-22(26)23-13-3-7-17-27(23)30)11-21-31-28-18-8-4-14-24(28)25-15-5-9-19-29(25)31;1-5-15-25-21(11-1)22-12-2-6-16-26(22)29(25)19-9-10-20-30-27-17-7-3-13-23(27)24-14-4-8-18-28(24)30;1-5-14-24-20(10-1)21-11-2-6-15-25(21)28(24)18-9-19-29-26-16-7-3-12-22(26)23-13-4-8-17-27(23)29/h1-24H;2-9,12-19H,1,10-11,20-21H2;1-8,11-18H,9-10,19-20H2;1-8,10-17H,9,18-19H2. The minimum absolute atomic E-state index is 1.01. The topological polar surface area (TPSA) is 39.4 Å². The van der Waals surface area contributed by atoms with Crippen molar-refractivity contribution < 1.29 is 0 Å². The van der Waals surface area contributed by atoms with Crippen LogP contribution in [0.3, 0.4) is 0 Å². The van der Waals surface area contributed by atoms with Crippen LogP contribution in [0.15, 0.2) is 437 Å². The summed E-state index contributed by atoms with van der Waals surface area (Å²) < 4.78 is 19.7. The van der Waals surface area contributed by atoms with Gasteiger partial charge < -0.3 is 36.5 Å². The monoisotopic (exact) mass is 1650 g/mol. The zero-order valence-electron chi connectivity index (χ0n) is 71.6. The SMILES string of the molecule is c1ccc2c(c1)c1ccccc1n2-c1ccc(-c2ccc(-n3c4ccccc4c4ccccc43)cc2)cc1.c1ccc2c(c1)c1ccccc1n2CCCCCn1c2ccccc2c2ccccc21.c1ccc2c(c1)c1ccccc1n2CCCCn1c2ccccc2c2ccccc21.c1ccc2c(c1)c1ccccc1n2CCCn1c2ccccc2c2ccccc21. The van der Waals surface area contributed by atoms with Gasteiger partial charge >= 0.3 is 0 Å². The molecule has 8 heteroatoms. The Morgan fingerprint density at radius 1 is 0.109 bits per heavy atom. The maximum Gasteiger partial charge on any atom is 0.0541 e. The third-order valence-corrected chi connectivity index (χ3v) is 26.9. The molecule has 0 aliphatic rings. The second-order valence-corrected chi connectivity index (χ2v) is 34.1. The predicted octanol–water partition coefficient (Wildman–Crippen LogP) is 31.7. The van der Waals surface area contributed by atoms with Crippen LogP contribution in [-0.2, 0) is 39.3 Å². The first-order valence-electron chi connectivity index (χ1n) is 45.6. The van der Waals surface area contributed by atoms with Crippen molar-refractivity contribution in [3.8, 4) is 22.5 Å². The molecule has 616 valence electrons. The molecule has 18 aromatic carbocycles. The van der Waals surface area contributed by atoms with Gasteiger partial charge in [0.25, 0.3) is 0 Å². The lowest BCUT2D eigenvalue weighted by molar-refractivity contribution is 0.570. The van der Waals surface area contributed by atoms with E-state index in [9.17, 15) is 0 Å². The van der Waals surface area contributed by atoms with Crippen molar-refractivity contribution >= 4 is 174 Å². The Morgan fingerprint density at radius 2 is 0.234 bits per heavy atom. The summed E-state index contributed by atoms with van der Waals surface area (Å²) in [7, 11) is 0. The Bertz CT molecular complexity index is 7680. The van der Waals surface area contributed by atoms with Crippen LogP contribution in [0.1, 0.15) is 38.5 Å². The predicted molar refractivity (Wildman–Crippen MR) is 545 cm³/mol. The van der Waals surface area contributed by atoms with E-state index < -0.39 is 0 Å². The van der Waals surface area contributed by atoms with Crippen LogP contribution >= 0.6 is 0 Å². The Labute approximate surface area is 743 Å². The highest BCUT2D eigenvalue weighted by Gasteiger charge is 2.20. The van der Waals surface area contributed by atoms with Crippen molar-refractivity contribution in [3.05, 3.63) is 437 Å². The fourth-order valence-electron chi connectivity index (χ4n) is 21.1. The number of aromatic nitrogens is 8. The number of fused-ring (bicyclic) bond motifs is 24. The number of hydrogen-bond donors (Lipinski definition) is 0. The minimum atomic E-state index is 1.01. The molecule has 26 aromatic rings. The molecule has 0 radical (unpaired) electrons. The Hall–Kier alpha value is -15.6. The van der Waals surface area contributed by atoms with E-state index in [0.29, 0.717) is 0 Å². The Morgan fingerprint density at radius 3 is 0.398 bits per heavy atom. The van der Waals surface area contributed by atoms with Crippen LogP contribution in [0.2, 0.25) is 0 Å². The van der Waals surface area contributed by atoms with Crippen LogP contribution in [0.5, 0.6) is 0 Å². The van der Waals surface area contributed by atoms with Crippen LogP contribution in [-0.4, -0.2) is 36.5 Å². The molecular formula is C120H96N8. The van der Waals surface area contributed by atoms with Gasteiger partial charge in [0.2, 0.25) is 0 Å². The maximum atomic E-state index is 2.51. The average molecular weight is 1650 g/mol. The number of benzene rings is 18. The first-order chi connectivity index (χ1) is 63.6. The highest BCUT2D eigenvalue weighted by molar-refractivity contribution is 6.15. The van der Waals surface area contributed by atoms with Gasteiger partial charge in [-0.25, -0.2) is 0 Å².